The summed E-state index contributed by atoms with van der Waals surface area (Å²) in [6, 6.07) is 9.43. The lowest BCUT2D eigenvalue weighted by molar-refractivity contribution is 0.248. The number of nitrogen functional groups attached to an aromatic ring is 1. The quantitative estimate of drug-likeness (QED) is 0.334. The number of nitrogens with zero attached hydrogens (tertiary/aromatic N) is 6. The summed E-state index contributed by atoms with van der Waals surface area (Å²) >= 11 is 1.10. The van der Waals surface area contributed by atoms with Crippen molar-refractivity contribution >= 4 is 48.7 Å². The van der Waals surface area contributed by atoms with Gasteiger partial charge >= 0.3 is 4.87 Å². The molecule has 0 atom stereocenters. The minimum absolute atomic E-state index is 0.0366. The van der Waals surface area contributed by atoms with Crippen LogP contribution < -0.4 is 15.5 Å². The molecule has 5 aromatic rings. The Morgan fingerprint density at radius 3 is 2.61 bits per heavy atom. The molecule has 1 aliphatic rings. The van der Waals surface area contributed by atoms with E-state index in [1.807, 2.05) is 11.0 Å². The van der Waals surface area contributed by atoms with Crippen molar-refractivity contribution in [1.82, 2.24) is 24.1 Å². The van der Waals surface area contributed by atoms with Crippen molar-refractivity contribution in [3.63, 3.8) is 0 Å². The number of halogens is 1. The van der Waals surface area contributed by atoms with E-state index in [1.165, 1.54) is 16.6 Å². The first kappa shape index (κ1) is 24.6. The second-order valence-corrected chi connectivity index (χ2v) is 12.1. The Morgan fingerprint density at radius 2 is 1.92 bits per heavy atom. The lowest BCUT2D eigenvalue weighted by Crippen LogP contribution is -2.47. The summed E-state index contributed by atoms with van der Waals surface area (Å²) in [4.78, 5) is 21.3. The van der Waals surface area contributed by atoms with Gasteiger partial charge in [0.05, 0.1) is 22.4 Å². The second kappa shape index (κ2) is 9.22. The van der Waals surface area contributed by atoms with Gasteiger partial charge in [-0.3, -0.25) is 14.3 Å². The Labute approximate surface area is 220 Å². The van der Waals surface area contributed by atoms with Gasteiger partial charge in [0.15, 0.2) is 21.2 Å². The zero-order valence-electron chi connectivity index (χ0n) is 20.4. The first-order valence-corrected chi connectivity index (χ1v) is 14.6. The van der Waals surface area contributed by atoms with Gasteiger partial charge < -0.3 is 15.1 Å². The van der Waals surface area contributed by atoms with E-state index in [-0.39, 0.29) is 15.7 Å². The highest BCUT2D eigenvalue weighted by Gasteiger charge is 2.22. The Hall–Kier alpha value is -3.75. The summed E-state index contributed by atoms with van der Waals surface area (Å²) in [5, 5.41) is 4.48. The van der Waals surface area contributed by atoms with Gasteiger partial charge in [0.2, 0.25) is 5.95 Å². The van der Waals surface area contributed by atoms with Crippen LogP contribution in [0.1, 0.15) is 0 Å². The maximum atomic E-state index is 14.6. The lowest BCUT2D eigenvalue weighted by atomic mass is 10.2. The highest BCUT2D eigenvalue weighted by atomic mass is 32.2. The number of sulfone groups is 1. The normalized spacial score (nSPS) is 15.2. The van der Waals surface area contributed by atoms with Crippen molar-refractivity contribution in [3.8, 4) is 11.5 Å². The Balaban J connectivity index is 1.17. The number of aromatic nitrogens is 4. The molecule has 0 saturated carbocycles. The van der Waals surface area contributed by atoms with Crippen LogP contribution in [0.15, 0.2) is 56.8 Å². The van der Waals surface area contributed by atoms with Crippen molar-refractivity contribution in [2.24, 2.45) is 0 Å². The van der Waals surface area contributed by atoms with Crippen molar-refractivity contribution < 1.29 is 17.2 Å². The first-order chi connectivity index (χ1) is 18.2. The van der Waals surface area contributed by atoms with Crippen LogP contribution in [0.3, 0.4) is 0 Å². The molecule has 198 valence electrons. The fourth-order valence-electron chi connectivity index (χ4n) is 4.72. The summed E-state index contributed by atoms with van der Waals surface area (Å²) < 4.78 is 47.3. The standard InChI is InChI=1S/C24H24FN7O4S2/c1-38(34,35)15-4-5-18(16(25)13-15)30-9-6-29(7-10-30)8-11-31-22-21(37-24(31)33)19-14-17(20-3-2-12-36-20)28-32(19)23(26)27-22/h2-5,12-14H,6-11H2,1H3,(H2,26,27). The van der Waals surface area contributed by atoms with Crippen LogP contribution in [0.5, 0.6) is 0 Å². The molecule has 0 radical (unpaired) electrons. The van der Waals surface area contributed by atoms with E-state index in [1.54, 1.807) is 23.0 Å². The number of rotatable bonds is 6. The van der Waals surface area contributed by atoms with E-state index in [4.69, 9.17) is 10.2 Å². The van der Waals surface area contributed by atoms with Gasteiger partial charge in [-0.25, -0.2) is 12.8 Å². The van der Waals surface area contributed by atoms with Gasteiger partial charge in [-0.05, 0) is 36.4 Å². The molecule has 38 heavy (non-hydrogen) atoms. The summed E-state index contributed by atoms with van der Waals surface area (Å²) in [7, 11) is -3.47. The molecular formula is C24H24FN7O4S2. The van der Waals surface area contributed by atoms with E-state index in [9.17, 15) is 17.6 Å². The molecule has 6 rings (SSSR count). The molecule has 1 aromatic carbocycles. The maximum absolute atomic E-state index is 14.6. The number of furan rings is 1. The number of nitrogens with two attached hydrogens (primary N) is 1. The van der Waals surface area contributed by atoms with Crippen LogP contribution in [-0.2, 0) is 16.4 Å². The van der Waals surface area contributed by atoms with Gasteiger partial charge in [-0.15, -0.1) is 0 Å². The van der Waals surface area contributed by atoms with E-state index in [2.05, 4.69) is 15.0 Å². The molecule has 4 aromatic heterocycles. The van der Waals surface area contributed by atoms with Gasteiger partial charge in [0.1, 0.15) is 16.2 Å². The van der Waals surface area contributed by atoms with Gasteiger partial charge in [0.25, 0.3) is 0 Å². The van der Waals surface area contributed by atoms with Crippen LogP contribution in [0.25, 0.3) is 27.3 Å². The molecule has 2 N–H and O–H groups in total. The van der Waals surface area contributed by atoms with E-state index >= 15 is 0 Å². The third-order valence-corrected chi connectivity index (χ3v) is 8.82. The smallest absolute Gasteiger partial charge is 0.309 e. The van der Waals surface area contributed by atoms with Crippen molar-refractivity contribution in [3.05, 3.63) is 58.1 Å². The fraction of sp³-hybridized carbons (Fsp3) is 0.292. The van der Waals surface area contributed by atoms with Crippen molar-refractivity contribution in [1.29, 1.82) is 0 Å². The van der Waals surface area contributed by atoms with Crippen LogP contribution >= 0.6 is 11.3 Å². The van der Waals surface area contributed by atoms with Gasteiger partial charge in [0, 0.05) is 45.5 Å². The summed E-state index contributed by atoms with van der Waals surface area (Å²) in [5.74, 6) is 0.218. The minimum atomic E-state index is -3.47. The SMILES string of the molecule is CS(=O)(=O)c1ccc(N2CCN(CCn3c(=O)sc4c3nc(N)n3nc(-c5ccco5)cc43)CC2)c(F)c1. The molecule has 5 heterocycles. The molecule has 0 spiro atoms. The highest BCUT2D eigenvalue weighted by Crippen LogP contribution is 2.28. The summed E-state index contributed by atoms with van der Waals surface area (Å²) in [6.07, 6.45) is 2.62. The number of piperazine rings is 1. The fourth-order valence-corrected chi connectivity index (χ4v) is 6.31. The number of hydrogen-bond donors (Lipinski definition) is 1. The molecule has 0 amide bonds. The Bertz CT molecular complexity index is 1820. The Kier molecular flexibility index (Phi) is 5.96. The summed E-state index contributed by atoms with van der Waals surface area (Å²) in [5.41, 5.74) is 8.38. The second-order valence-electron chi connectivity index (χ2n) is 9.16. The van der Waals surface area contributed by atoms with Crippen molar-refractivity contribution in [2.45, 2.75) is 11.4 Å². The van der Waals surface area contributed by atoms with Crippen LogP contribution in [0.2, 0.25) is 0 Å². The van der Waals surface area contributed by atoms with Gasteiger partial charge in [-0.1, -0.05) is 11.3 Å². The molecule has 1 fully saturated rings. The molecule has 0 unspecified atom stereocenters. The molecule has 1 saturated heterocycles. The number of thiazole rings is 1. The molecule has 0 bridgehead atoms. The topological polar surface area (TPSA) is 132 Å². The summed E-state index contributed by atoms with van der Waals surface area (Å²) in [6.45, 7) is 3.52. The number of fused-ring (bicyclic) bond motifs is 3. The molecule has 1 aliphatic heterocycles. The number of hydrogen-bond acceptors (Lipinski definition) is 10. The third-order valence-electron chi connectivity index (χ3n) is 6.72. The number of benzene rings is 1. The van der Waals surface area contributed by atoms with Crippen LogP contribution in [0.4, 0.5) is 16.0 Å². The molecular weight excluding hydrogens is 533 g/mol. The average molecular weight is 558 g/mol. The third kappa shape index (κ3) is 4.33. The maximum Gasteiger partial charge on any atom is 0.309 e. The largest absolute Gasteiger partial charge is 0.463 e. The molecule has 14 heteroatoms. The van der Waals surface area contributed by atoms with Crippen molar-refractivity contribution in [2.75, 3.05) is 49.6 Å². The zero-order valence-corrected chi connectivity index (χ0v) is 22.0. The highest BCUT2D eigenvalue weighted by molar-refractivity contribution is 7.90. The van der Waals surface area contributed by atoms with Crippen LogP contribution in [0, 0.1) is 5.82 Å². The average Bonchev–Trinajstić information content (AvgIpc) is 3.62. The van der Waals surface area contributed by atoms with E-state index < -0.39 is 15.7 Å². The minimum Gasteiger partial charge on any atom is -0.463 e. The first-order valence-electron chi connectivity index (χ1n) is 11.9. The molecule has 11 nitrogen and oxygen atoms in total. The van der Waals surface area contributed by atoms with E-state index in [0.29, 0.717) is 72.3 Å². The molecule has 0 aliphatic carbocycles. The Morgan fingerprint density at radius 1 is 1.13 bits per heavy atom. The van der Waals surface area contributed by atoms with E-state index in [0.717, 1.165) is 23.7 Å². The predicted octanol–water partition coefficient (Wildman–Crippen LogP) is 2.31. The number of anilines is 2. The van der Waals surface area contributed by atoms with Gasteiger partial charge in [-0.2, -0.15) is 14.6 Å². The monoisotopic (exact) mass is 557 g/mol. The zero-order chi connectivity index (χ0) is 26.6. The van der Waals surface area contributed by atoms with Crippen LogP contribution in [-0.4, -0.2) is 71.5 Å². The predicted molar refractivity (Wildman–Crippen MR) is 143 cm³/mol. The lowest BCUT2D eigenvalue weighted by Gasteiger charge is -2.36.